The van der Waals surface area contributed by atoms with Crippen molar-refractivity contribution < 1.29 is 9.53 Å². The molecule has 0 radical (unpaired) electrons. The summed E-state index contributed by atoms with van der Waals surface area (Å²) in [7, 11) is 1.64. The number of aromatic nitrogens is 1. The Bertz CT molecular complexity index is 523. The van der Waals surface area contributed by atoms with Crippen molar-refractivity contribution in [2.75, 3.05) is 7.11 Å². The second-order valence-corrected chi connectivity index (χ2v) is 3.60. The van der Waals surface area contributed by atoms with E-state index in [9.17, 15) is 4.79 Å². The number of methoxy groups -OCH3 is 1. The highest BCUT2D eigenvalue weighted by atomic mass is 16.5. The molecule has 1 heterocycles. The quantitative estimate of drug-likeness (QED) is 0.753. The van der Waals surface area contributed by atoms with E-state index >= 15 is 0 Å². The van der Waals surface area contributed by atoms with Gasteiger partial charge in [0.15, 0.2) is 0 Å². The van der Waals surface area contributed by atoms with Crippen LogP contribution < -0.4 is 4.74 Å². The molecule has 0 aliphatic rings. The van der Waals surface area contributed by atoms with Gasteiger partial charge in [0, 0.05) is 24.4 Å². The maximum Gasteiger partial charge on any atom is 0.126 e. The number of carbonyl (C=O) groups is 1. The summed E-state index contributed by atoms with van der Waals surface area (Å²) < 4.78 is 5.32. The zero-order valence-corrected chi connectivity index (χ0v) is 9.59. The highest BCUT2D eigenvalue weighted by molar-refractivity contribution is 5.75. The van der Waals surface area contributed by atoms with Gasteiger partial charge in [-0.05, 0) is 23.3 Å². The first-order valence-corrected chi connectivity index (χ1v) is 5.36. The van der Waals surface area contributed by atoms with Gasteiger partial charge in [-0.25, -0.2) is 0 Å². The molecule has 0 aliphatic carbocycles. The zero-order valence-electron chi connectivity index (χ0n) is 9.59. The molecule has 0 aliphatic heterocycles. The normalized spacial score (nSPS) is 9.94. The van der Waals surface area contributed by atoms with Crippen molar-refractivity contribution in [3.63, 3.8) is 0 Å². The van der Waals surface area contributed by atoms with Crippen LogP contribution in [0.15, 0.2) is 42.7 Å². The van der Waals surface area contributed by atoms with Crippen molar-refractivity contribution in [3.8, 4) is 16.9 Å². The number of rotatable bonds is 4. The maximum absolute atomic E-state index is 10.7. The molecule has 1 aromatic carbocycles. The van der Waals surface area contributed by atoms with Crippen LogP contribution in [0.4, 0.5) is 0 Å². The van der Waals surface area contributed by atoms with Gasteiger partial charge in [-0.1, -0.05) is 18.2 Å². The predicted molar refractivity (Wildman–Crippen MR) is 66.0 cm³/mol. The van der Waals surface area contributed by atoms with E-state index in [2.05, 4.69) is 4.98 Å². The summed E-state index contributed by atoms with van der Waals surface area (Å²) >= 11 is 0. The molecule has 2 rings (SSSR count). The molecular formula is C14H13NO2. The van der Waals surface area contributed by atoms with E-state index in [4.69, 9.17) is 4.74 Å². The lowest BCUT2D eigenvalue weighted by molar-refractivity contribution is -0.107. The largest absolute Gasteiger partial charge is 0.496 e. The van der Waals surface area contributed by atoms with E-state index in [1.165, 1.54) is 0 Å². The summed E-state index contributed by atoms with van der Waals surface area (Å²) in [6.45, 7) is 0. The minimum absolute atomic E-state index is 0.362. The molecule has 3 heteroatoms. The van der Waals surface area contributed by atoms with Crippen molar-refractivity contribution >= 4 is 6.29 Å². The van der Waals surface area contributed by atoms with E-state index in [-0.39, 0.29) is 0 Å². The van der Waals surface area contributed by atoms with Crippen LogP contribution in [-0.2, 0) is 11.2 Å². The number of benzene rings is 1. The van der Waals surface area contributed by atoms with Gasteiger partial charge in [0.05, 0.1) is 7.11 Å². The lowest BCUT2D eigenvalue weighted by Gasteiger charge is -2.11. The average molecular weight is 227 g/mol. The summed E-state index contributed by atoms with van der Waals surface area (Å²) in [4.78, 5) is 14.7. The Labute approximate surface area is 100 Å². The Morgan fingerprint density at radius 1 is 1.24 bits per heavy atom. The van der Waals surface area contributed by atoms with Crippen molar-refractivity contribution in [1.82, 2.24) is 4.98 Å². The first-order valence-electron chi connectivity index (χ1n) is 5.36. The molecule has 2 aromatic rings. The molecule has 0 unspecified atom stereocenters. The Hall–Kier alpha value is -2.16. The SMILES string of the molecule is COc1ccccc1-c1ccncc1CC=O. The average Bonchev–Trinajstić information content (AvgIpc) is 2.40. The van der Waals surface area contributed by atoms with Gasteiger partial charge in [0.1, 0.15) is 12.0 Å². The summed E-state index contributed by atoms with van der Waals surface area (Å²) in [6.07, 6.45) is 4.68. The minimum Gasteiger partial charge on any atom is -0.496 e. The lowest BCUT2D eigenvalue weighted by Crippen LogP contribution is -1.94. The third-order valence-electron chi connectivity index (χ3n) is 2.60. The van der Waals surface area contributed by atoms with Crippen molar-refractivity contribution in [2.45, 2.75) is 6.42 Å². The molecule has 3 nitrogen and oxygen atoms in total. The molecule has 0 fully saturated rings. The predicted octanol–water partition coefficient (Wildman–Crippen LogP) is 2.50. The van der Waals surface area contributed by atoms with E-state index in [1.54, 1.807) is 19.5 Å². The van der Waals surface area contributed by atoms with Crippen LogP contribution in [0.25, 0.3) is 11.1 Å². The van der Waals surface area contributed by atoms with Crippen molar-refractivity contribution in [2.24, 2.45) is 0 Å². The molecule has 1 aromatic heterocycles. The number of hydrogen-bond donors (Lipinski definition) is 0. The molecule has 0 amide bonds. The van der Waals surface area contributed by atoms with Gasteiger partial charge in [-0.15, -0.1) is 0 Å². The lowest BCUT2D eigenvalue weighted by atomic mass is 9.99. The molecule has 86 valence electrons. The third kappa shape index (κ3) is 2.33. The number of hydrogen-bond acceptors (Lipinski definition) is 3. The fourth-order valence-electron chi connectivity index (χ4n) is 1.81. The van der Waals surface area contributed by atoms with Gasteiger partial charge in [0.25, 0.3) is 0 Å². The van der Waals surface area contributed by atoms with Crippen LogP contribution in [0.1, 0.15) is 5.56 Å². The summed E-state index contributed by atoms with van der Waals surface area (Å²) in [5.74, 6) is 0.797. The van der Waals surface area contributed by atoms with Gasteiger partial charge in [-0.2, -0.15) is 0 Å². The van der Waals surface area contributed by atoms with Gasteiger partial charge >= 0.3 is 0 Å². The highest BCUT2D eigenvalue weighted by Gasteiger charge is 2.09. The van der Waals surface area contributed by atoms with Crippen molar-refractivity contribution in [1.29, 1.82) is 0 Å². The zero-order chi connectivity index (χ0) is 12.1. The molecule has 17 heavy (non-hydrogen) atoms. The number of ether oxygens (including phenoxy) is 1. The summed E-state index contributed by atoms with van der Waals surface area (Å²) in [6, 6.07) is 9.64. The van der Waals surface area contributed by atoms with Crippen LogP contribution in [0.5, 0.6) is 5.75 Å². The minimum atomic E-state index is 0.362. The summed E-state index contributed by atoms with van der Waals surface area (Å²) in [5.41, 5.74) is 2.88. The molecule has 0 saturated carbocycles. The number of carbonyl (C=O) groups excluding carboxylic acids is 1. The molecule has 0 spiro atoms. The smallest absolute Gasteiger partial charge is 0.126 e. The Kier molecular flexibility index (Phi) is 3.50. The monoisotopic (exact) mass is 227 g/mol. The number of aldehydes is 1. The Morgan fingerprint density at radius 3 is 2.82 bits per heavy atom. The molecule has 0 bridgehead atoms. The van der Waals surface area contributed by atoms with Crippen LogP contribution in [0.3, 0.4) is 0 Å². The van der Waals surface area contributed by atoms with E-state index in [1.807, 2.05) is 30.3 Å². The van der Waals surface area contributed by atoms with Gasteiger partial charge in [0.2, 0.25) is 0 Å². The highest BCUT2D eigenvalue weighted by Crippen LogP contribution is 2.31. The molecular weight excluding hydrogens is 214 g/mol. The molecule has 0 saturated heterocycles. The Balaban J connectivity index is 2.55. The van der Waals surface area contributed by atoms with E-state index in [0.29, 0.717) is 6.42 Å². The van der Waals surface area contributed by atoms with E-state index < -0.39 is 0 Å². The van der Waals surface area contributed by atoms with Gasteiger partial charge < -0.3 is 9.53 Å². The second-order valence-electron chi connectivity index (χ2n) is 3.60. The third-order valence-corrected chi connectivity index (χ3v) is 2.60. The van der Waals surface area contributed by atoms with Crippen LogP contribution >= 0.6 is 0 Å². The van der Waals surface area contributed by atoms with Crippen LogP contribution in [0.2, 0.25) is 0 Å². The Morgan fingerprint density at radius 2 is 2.06 bits per heavy atom. The number of nitrogens with zero attached hydrogens (tertiary/aromatic N) is 1. The fraction of sp³-hybridized carbons (Fsp3) is 0.143. The first kappa shape index (κ1) is 11.3. The fourth-order valence-corrected chi connectivity index (χ4v) is 1.81. The molecule has 0 N–H and O–H groups in total. The number of pyridine rings is 1. The van der Waals surface area contributed by atoms with Crippen LogP contribution in [0, 0.1) is 0 Å². The summed E-state index contributed by atoms with van der Waals surface area (Å²) in [5, 5.41) is 0. The van der Waals surface area contributed by atoms with Crippen molar-refractivity contribution in [3.05, 3.63) is 48.3 Å². The van der Waals surface area contributed by atoms with E-state index in [0.717, 1.165) is 28.7 Å². The maximum atomic E-state index is 10.7. The second kappa shape index (κ2) is 5.25. The molecule has 0 atom stereocenters. The first-order chi connectivity index (χ1) is 8.36. The topological polar surface area (TPSA) is 39.2 Å². The number of para-hydroxylation sites is 1. The van der Waals surface area contributed by atoms with Crippen LogP contribution in [-0.4, -0.2) is 18.4 Å². The standard InChI is InChI=1S/C14H13NO2/c1-17-14-5-3-2-4-13(14)12-6-8-15-10-11(12)7-9-16/h2-6,8-10H,7H2,1H3. The van der Waals surface area contributed by atoms with Gasteiger partial charge in [-0.3, -0.25) is 4.98 Å².